The van der Waals surface area contributed by atoms with Gasteiger partial charge in [-0.3, -0.25) is 4.90 Å². The van der Waals surface area contributed by atoms with Crippen molar-refractivity contribution in [2.75, 3.05) is 18.9 Å². The Balaban J connectivity index is 1.91. The minimum atomic E-state index is 0.830. The van der Waals surface area contributed by atoms with Crippen molar-refractivity contribution in [2.24, 2.45) is 0 Å². The van der Waals surface area contributed by atoms with Gasteiger partial charge >= 0.3 is 0 Å². The summed E-state index contributed by atoms with van der Waals surface area (Å²) in [6.07, 6.45) is 0. The van der Waals surface area contributed by atoms with E-state index in [2.05, 4.69) is 65.6 Å². The summed E-state index contributed by atoms with van der Waals surface area (Å²) in [5.74, 6) is 0. The molecule has 1 aromatic carbocycles. The van der Waals surface area contributed by atoms with Crippen LogP contribution in [0.1, 0.15) is 23.1 Å². The number of hydrogen-bond acceptors (Lipinski definition) is 5. The standard InChI is InChI=1S/C14H20N4S/c1-4-15-14-17-16-13(19-14)10-18(3)9-12-7-5-6-11(2)8-12/h5-8H,4,9-10H2,1-3H3,(H,15,17). The van der Waals surface area contributed by atoms with Crippen LogP contribution >= 0.6 is 11.3 Å². The van der Waals surface area contributed by atoms with E-state index in [1.165, 1.54) is 11.1 Å². The number of aromatic nitrogens is 2. The molecule has 1 heterocycles. The molecule has 0 fully saturated rings. The van der Waals surface area contributed by atoms with Gasteiger partial charge in [-0.05, 0) is 26.5 Å². The van der Waals surface area contributed by atoms with Crippen molar-refractivity contribution >= 4 is 16.5 Å². The van der Waals surface area contributed by atoms with Gasteiger partial charge < -0.3 is 5.32 Å². The maximum absolute atomic E-state index is 4.20. The van der Waals surface area contributed by atoms with Gasteiger partial charge in [0.15, 0.2) is 0 Å². The molecule has 0 saturated carbocycles. The maximum Gasteiger partial charge on any atom is 0.205 e. The van der Waals surface area contributed by atoms with E-state index in [9.17, 15) is 0 Å². The van der Waals surface area contributed by atoms with Crippen molar-refractivity contribution in [1.29, 1.82) is 0 Å². The van der Waals surface area contributed by atoms with Crippen LogP contribution in [0.4, 0.5) is 5.13 Å². The first-order valence-corrected chi connectivity index (χ1v) is 7.29. The summed E-state index contributed by atoms with van der Waals surface area (Å²) in [6, 6.07) is 8.61. The molecule has 0 aliphatic heterocycles. The molecular formula is C14H20N4S. The second-order valence-electron chi connectivity index (χ2n) is 4.69. The number of hydrogen-bond donors (Lipinski definition) is 1. The van der Waals surface area contributed by atoms with Crippen LogP contribution in [0, 0.1) is 6.92 Å². The first-order chi connectivity index (χ1) is 9.17. The number of nitrogens with one attached hydrogen (secondary N) is 1. The van der Waals surface area contributed by atoms with Crippen molar-refractivity contribution in [3.63, 3.8) is 0 Å². The molecule has 19 heavy (non-hydrogen) atoms. The van der Waals surface area contributed by atoms with Crippen molar-refractivity contribution < 1.29 is 0 Å². The summed E-state index contributed by atoms with van der Waals surface area (Å²) < 4.78 is 0. The minimum Gasteiger partial charge on any atom is -0.360 e. The zero-order valence-corrected chi connectivity index (χ0v) is 12.5. The van der Waals surface area contributed by atoms with Gasteiger partial charge in [-0.1, -0.05) is 41.2 Å². The van der Waals surface area contributed by atoms with Gasteiger partial charge in [0.05, 0.1) is 6.54 Å². The lowest BCUT2D eigenvalue weighted by atomic mass is 10.1. The fraction of sp³-hybridized carbons (Fsp3) is 0.429. The van der Waals surface area contributed by atoms with E-state index in [4.69, 9.17) is 0 Å². The van der Waals surface area contributed by atoms with Crippen molar-refractivity contribution in [1.82, 2.24) is 15.1 Å². The lowest BCUT2D eigenvalue weighted by Crippen LogP contribution is -2.17. The van der Waals surface area contributed by atoms with E-state index in [1.807, 2.05) is 0 Å². The Labute approximate surface area is 118 Å². The quantitative estimate of drug-likeness (QED) is 0.881. The number of benzene rings is 1. The molecule has 1 aromatic heterocycles. The van der Waals surface area contributed by atoms with E-state index >= 15 is 0 Å². The monoisotopic (exact) mass is 276 g/mol. The summed E-state index contributed by atoms with van der Waals surface area (Å²) >= 11 is 1.62. The topological polar surface area (TPSA) is 41.1 Å². The summed E-state index contributed by atoms with van der Waals surface area (Å²) in [7, 11) is 2.11. The first-order valence-electron chi connectivity index (χ1n) is 6.47. The minimum absolute atomic E-state index is 0.830. The molecule has 0 unspecified atom stereocenters. The molecule has 0 aliphatic rings. The van der Waals surface area contributed by atoms with E-state index in [0.717, 1.165) is 29.8 Å². The van der Waals surface area contributed by atoms with Crippen LogP contribution < -0.4 is 5.32 Å². The largest absolute Gasteiger partial charge is 0.360 e. The zero-order valence-electron chi connectivity index (χ0n) is 11.7. The Morgan fingerprint density at radius 2 is 2.11 bits per heavy atom. The summed E-state index contributed by atoms with van der Waals surface area (Å²) in [5.41, 5.74) is 2.63. The molecule has 5 heteroatoms. The highest BCUT2D eigenvalue weighted by atomic mass is 32.1. The van der Waals surface area contributed by atoms with E-state index in [-0.39, 0.29) is 0 Å². The highest BCUT2D eigenvalue weighted by Crippen LogP contribution is 2.17. The van der Waals surface area contributed by atoms with Crippen LogP contribution in [0.2, 0.25) is 0 Å². The third-order valence-corrected chi connectivity index (χ3v) is 3.60. The Hall–Kier alpha value is -1.46. The molecule has 102 valence electrons. The molecule has 4 nitrogen and oxygen atoms in total. The molecule has 0 atom stereocenters. The maximum atomic E-state index is 4.20. The van der Waals surface area contributed by atoms with E-state index in [1.54, 1.807) is 11.3 Å². The number of nitrogens with zero attached hydrogens (tertiary/aromatic N) is 3. The zero-order chi connectivity index (χ0) is 13.7. The summed E-state index contributed by atoms with van der Waals surface area (Å²) in [4.78, 5) is 2.25. The van der Waals surface area contributed by atoms with Crippen molar-refractivity contribution in [3.05, 3.63) is 40.4 Å². The van der Waals surface area contributed by atoms with Crippen LogP contribution in [0.25, 0.3) is 0 Å². The molecule has 0 saturated heterocycles. The van der Waals surface area contributed by atoms with Crippen LogP contribution in [0.15, 0.2) is 24.3 Å². The molecule has 2 rings (SSSR count). The Morgan fingerprint density at radius 1 is 1.26 bits per heavy atom. The Kier molecular flexibility index (Phi) is 4.87. The molecule has 0 bridgehead atoms. The van der Waals surface area contributed by atoms with Crippen LogP contribution in [0.3, 0.4) is 0 Å². The Bertz CT molecular complexity index is 524. The lowest BCUT2D eigenvalue weighted by molar-refractivity contribution is 0.317. The van der Waals surface area contributed by atoms with Gasteiger partial charge in [0.2, 0.25) is 5.13 Å². The SMILES string of the molecule is CCNc1nnc(CN(C)Cc2cccc(C)c2)s1. The second-order valence-corrected chi connectivity index (χ2v) is 5.75. The Morgan fingerprint density at radius 3 is 2.84 bits per heavy atom. The smallest absolute Gasteiger partial charge is 0.205 e. The predicted molar refractivity (Wildman–Crippen MR) is 80.4 cm³/mol. The lowest BCUT2D eigenvalue weighted by Gasteiger charge is -2.14. The van der Waals surface area contributed by atoms with Gasteiger partial charge in [-0.15, -0.1) is 10.2 Å². The number of aryl methyl sites for hydroxylation is 1. The first kappa shape index (κ1) is 14.0. The van der Waals surface area contributed by atoms with Gasteiger partial charge in [0.1, 0.15) is 5.01 Å². The number of anilines is 1. The average Bonchev–Trinajstić information content (AvgIpc) is 2.77. The van der Waals surface area contributed by atoms with Gasteiger partial charge in [0.25, 0.3) is 0 Å². The molecule has 1 N–H and O–H groups in total. The highest BCUT2D eigenvalue weighted by molar-refractivity contribution is 7.15. The molecule has 2 aromatic rings. The molecule has 0 aliphatic carbocycles. The average molecular weight is 276 g/mol. The fourth-order valence-corrected chi connectivity index (χ4v) is 2.84. The molecule has 0 spiro atoms. The van der Waals surface area contributed by atoms with Gasteiger partial charge in [0, 0.05) is 13.1 Å². The number of rotatable bonds is 6. The fourth-order valence-electron chi connectivity index (χ4n) is 1.95. The second kappa shape index (κ2) is 6.63. The molecule has 0 amide bonds. The van der Waals surface area contributed by atoms with Crippen LogP contribution in [-0.2, 0) is 13.1 Å². The highest BCUT2D eigenvalue weighted by Gasteiger charge is 2.07. The van der Waals surface area contributed by atoms with Crippen molar-refractivity contribution in [3.8, 4) is 0 Å². The van der Waals surface area contributed by atoms with Crippen molar-refractivity contribution in [2.45, 2.75) is 26.9 Å². The van der Waals surface area contributed by atoms with Gasteiger partial charge in [-0.25, -0.2) is 0 Å². The third-order valence-electron chi connectivity index (χ3n) is 2.74. The summed E-state index contributed by atoms with van der Waals surface area (Å²) in [6.45, 7) is 6.82. The normalized spacial score (nSPS) is 10.9. The van der Waals surface area contributed by atoms with Crippen LogP contribution in [0.5, 0.6) is 0 Å². The third kappa shape index (κ3) is 4.29. The molecule has 0 radical (unpaired) electrons. The molecular weight excluding hydrogens is 256 g/mol. The predicted octanol–water partition coefficient (Wildman–Crippen LogP) is 2.91. The van der Waals surface area contributed by atoms with E-state index < -0.39 is 0 Å². The van der Waals surface area contributed by atoms with E-state index in [0.29, 0.717) is 0 Å². The van der Waals surface area contributed by atoms with Crippen LogP contribution in [-0.4, -0.2) is 28.7 Å². The van der Waals surface area contributed by atoms with Gasteiger partial charge in [-0.2, -0.15) is 0 Å². The summed E-state index contributed by atoms with van der Waals surface area (Å²) in [5, 5.41) is 13.4.